The normalized spacial score (nSPS) is 16.7. The molecule has 1 fully saturated rings. The van der Waals surface area contributed by atoms with E-state index < -0.39 is 10.0 Å². The van der Waals surface area contributed by atoms with Crippen molar-refractivity contribution in [1.82, 2.24) is 9.62 Å². The summed E-state index contributed by atoms with van der Waals surface area (Å²) in [5.41, 5.74) is 1.12. The van der Waals surface area contributed by atoms with Crippen molar-refractivity contribution in [1.29, 1.82) is 0 Å². The fourth-order valence-corrected chi connectivity index (χ4v) is 3.17. The first kappa shape index (κ1) is 17.1. The van der Waals surface area contributed by atoms with Gasteiger partial charge >= 0.3 is 0 Å². The summed E-state index contributed by atoms with van der Waals surface area (Å²) >= 11 is 0. The molecule has 1 aliphatic heterocycles. The quantitative estimate of drug-likeness (QED) is 0.801. The zero-order chi connectivity index (χ0) is 16.0. The summed E-state index contributed by atoms with van der Waals surface area (Å²) in [4.78, 5) is 4.59. The van der Waals surface area contributed by atoms with Crippen LogP contribution >= 0.6 is 0 Å². The molecule has 1 aromatic rings. The number of anilines is 1. The molecule has 0 spiro atoms. The minimum Gasteiger partial charge on any atom is -0.495 e. The van der Waals surface area contributed by atoms with Crippen LogP contribution in [0.15, 0.2) is 24.3 Å². The Labute approximate surface area is 133 Å². The molecule has 0 unspecified atom stereocenters. The molecule has 0 bridgehead atoms. The first-order chi connectivity index (χ1) is 10.6. The van der Waals surface area contributed by atoms with E-state index >= 15 is 0 Å². The fourth-order valence-electron chi connectivity index (χ4n) is 2.56. The Morgan fingerprint density at radius 2 is 1.86 bits per heavy atom. The largest absolute Gasteiger partial charge is 0.495 e. The topological polar surface area (TPSA) is 61.9 Å². The summed E-state index contributed by atoms with van der Waals surface area (Å²) in [5, 5.41) is 0. The number of hydrogen-bond donors (Lipinski definition) is 1. The van der Waals surface area contributed by atoms with Crippen molar-refractivity contribution in [2.45, 2.75) is 6.92 Å². The fraction of sp³-hybridized carbons (Fsp3) is 0.600. The molecule has 7 heteroatoms. The number of benzene rings is 1. The lowest BCUT2D eigenvalue weighted by atomic mass is 10.2. The Morgan fingerprint density at radius 1 is 1.18 bits per heavy atom. The molecular weight excluding hydrogens is 302 g/mol. The average molecular weight is 327 g/mol. The maximum absolute atomic E-state index is 11.4. The highest BCUT2D eigenvalue weighted by Gasteiger charge is 2.19. The van der Waals surface area contributed by atoms with Gasteiger partial charge in [-0.15, -0.1) is 0 Å². The van der Waals surface area contributed by atoms with Gasteiger partial charge in [0.1, 0.15) is 5.75 Å². The molecule has 0 aromatic heterocycles. The molecule has 0 aliphatic carbocycles. The second-order valence-electron chi connectivity index (χ2n) is 5.30. The van der Waals surface area contributed by atoms with Crippen LogP contribution in [0.2, 0.25) is 0 Å². The standard InChI is InChI=1S/C15H25N3O3S/c1-3-22(19,20)16-8-9-17-10-12-18(13-11-17)14-6-4-5-7-15(14)21-2/h4-7,16H,3,8-13H2,1-2H3. The Bertz CT molecular complexity index is 569. The van der Waals surface area contributed by atoms with Crippen LogP contribution in [-0.2, 0) is 10.0 Å². The van der Waals surface area contributed by atoms with Gasteiger partial charge in [-0.3, -0.25) is 4.90 Å². The van der Waals surface area contributed by atoms with Crippen molar-refractivity contribution in [2.75, 3.05) is 57.0 Å². The highest BCUT2D eigenvalue weighted by molar-refractivity contribution is 7.89. The van der Waals surface area contributed by atoms with Crippen LogP contribution in [0.1, 0.15) is 6.92 Å². The first-order valence-corrected chi connectivity index (χ1v) is 9.28. The highest BCUT2D eigenvalue weighted by Crippen LogP contribution is 2.28. The van der Waals surface area contributed by atoms with Gasteiger partial charge in [-0.25, -0.2) is 13.1 Å². The van der Waals surface area contributed by atoms with Gasteiger partial charge in [-0.2, -0.15) is 0 Å². The van der Waals surface area contributed by atoms with Crippen LogP contribution in [0.25, 0.3) is 0 Å². The molecule has 1 aromatic carbocycles. The van der Waals surface area contributed by atoms with E-state index in [0.717, 1.165) is 44.2 Å². The Balaban J connectivity index is 1.81. The van der Waals surface area contributed by atoms with Crippen LogP contribution in [0, 0.1) is 0 Å². The monoisotopic (exact) mass is 327 g/mol. The third kappa shape index (κ3) is 4.59. The summed E-state index contributed by atoms with van der Waals surface area (Å²) in [6.45, 7) is 6.55. The van der Waals surface area contributed by atoms with Gasteiger partial charge in [0, 0.05) is 39.3 Å². The van der Waals surface area contributed by atoms with Crippen LogP contribution in [0.5, 0.6) is 5.75 Å². The molecule has 6 nitrogen and oxygen atoms in total. The molecule has 1 aliphatic rings. The molecule has 1 N–H and O–H groups in total. The lowest BCUT2D eigenvalue weighted by Crippen LogP contribution is -2.48. The second kappa shape index (κ2) is 7.80. The Hall–Kier alpha value is -1.31. The van der Waals surface area contributed by atoms with Crippen molar-refractivity contribution in [3.05, 3.63) is 24.3 Å². The third-order valence-corrected chi connectivity index (χ3v) is 5.33. The van der Waals surface area contributed by atoms with Gasteiger partial charge in [-0.1, -0.05) is 12.1 Å². The zero-order valence-electron chi connectivity index (χ0n) is 13.3. The predicted molar refractivity (Wildman–Crippen MR) is 89.1 cm³/mol. The van der Waals surface area contributed by atoms with E-state index in [1.807, 2.05) is 18.2 Å². The second-order valence-corrected chi connectivity index (χ2v) is 7.39. The minimum atomic E-state index is -3.09. The van der Waals surface area contributed by atoms with Crippen LogP contribution < -0.4 is 14.4 Å². The Morgan fingerprint density at radius 3 is 2.50 bits per heavy atom. The summed E-state index contributed by atoms with van der Waals surface area (Å²) in [6.07, 6.45) is 0. The molecule has 0 saturated carbocycles. The summed E-state index contributed by atoms with van der Waals surface area (Å²) in [6, 6.07) is 8.04. The van der Waals surface area contributed by atoms with Gasteiger partial charge in [0.15, 0.2) is 0 Å². The molecule has 1 heterocycles. The molecular formula is C15H25N3O3S. The number of methoxy groups -OCH3 is 1. The van der Waals surface area contributed by atoms with E-state index in [2.05, 4.69) is 20.6 Å². The number of hydrogen-bond acceptors (Lipinski definition) is 5. The number of rotatable bonds is 7. The van der Waals surface area contributed by atoms with Crippen LogP contribution in [0.4, 0.5) is 5.69 Å². The first-order valence-electron chi connectivity index (χ1n) is 7.63. The smallest absolute Gasteiger partial charge is 0.211 e. The Kier molecular flexibility index (Phi) is 6.05. The van der Waals surface area contributed by atoms with E-state index in [0.29, 0.717) is 6.54 Å². The van der Waals surface area contributed by atoms with Gasteiger partial charge in [0.25, 0.3) is 0 Å². The van der Waals surface area contributed by atoms with Crippen LogP contribution in [0.3, 0.4) is 0 Å². The highest BCUT2D eigenvalue weighted by atomic mass is 32.2. The predicted octanol–water partition coefficient (Wildman–Crippen LogP) is 0.757. The molecule has 22 heavy (non-hydrogen) atoms. The van der Waals surface area contributed by atoms with Crippen LogP contribution in [-0.4, -0.2) is 65.4 Å². The summed E-state index contributed by atoms with van der Waals surface area (Å²) in [7, 11) is -1.40. The van der Waals surface area contributed by atoms with E-state index in [9.17, 15) is 8.42 Å². The minimum absolute atomic E-state index is 0.134. The lowest BCUT2D eigenvalue weighted by Gasteiger charge is -2.36. The van der Waals surface area contributed by atoms with E-state index in [4.69, 9.17) is 4.74 Å². The SMILES string of the molecule is CCS(=O)(=O)NCCN1CCN(c2ccccc2OC)CC1. The zero-order valence-corrected chi connectivity index (χ0v) is 14.1. The van der Waals surface area contributed by atoms with Gasteiger partial charge < -0.3 is 9.64 Å². The molecule has 2 rings (SSSR count). The average Bonchev–Trinajstić information content (AvgIpc) is 2.55. The van der Waals surface area contributed by atoms with Crippen molar-refractivity contribution >= 4 is 15.7 Å². The maximum Gasteiger partial charge on any atom is 0.211 e. The molecule has 0 atom stereocenters. The number of nitrogens with zero attached hydrogens (tertiary/aromatic N) is 2. The van der Waals surface area contributed by atoms with E-state index in [-0.39, 0.29) is 5.75 Å². The summed E-state index contributed by atoms with van der Waals surface area (Å²) < 4.78 is 30.8. The maximum atomic E-state index is 11.4. The van der Waals surface area contributed by atoms with Crippen molar-refractivity contribution in [2.24, 2.45) is 0 Å². The lowest BCUT2D eigenvalue weighted by molar-refractivity contribution is 0.261. The molecule has 0 amide bonds. The van der Waals surface area contributed by atoms with E-state index in [1.54, 1.807) is 14.0 Å². The number of nitrogens with one attached hydrogen (secondary N) is 1. The number of piperazine rings is 1. The van der Waals surface area contributed by atoms with Gasteiger partial charge in [0.2, 0.25) is 10.0 Å². The third-order valence-electron chi connectivity index (χ3n) is 3.93. The van der Waals surface area contributed by atoms with Crippen molar-refractivity contribution < 1.29 is 13.2 Å². The van der Waals surface area contributed by atoms with Gasteiger partial charge in [-0.05, 0) is 19.1 Å². The number of para-hydroxylation sites is 2. The number of ether oxygens (including phenoxy) is 1. The van der Waals surface area contributed by atoms with Gasteiger partial charge in [0.05, 0.1) is 18.6 Å². The molecule has 0 radical (unpaired) electrons. The van der Waals surface area contributed by atoms with E-state index in [1.165, 1.54) is 0 Å². The van der Waals surface area contributed by atoms with Crippen molar-refractivity contribution in [3.8, 4) is 5.75 Å². The summed E-state index contributed by atoms with van der Waals surface area (Å²) in [5.74, 6) is 1.03. The van der Waals surface area contributed by atoms with Crippen molar-refractivity contribution in [3.63, 3.8) is 0 Å². The molecule has 1 saturated heterocycles. The molecule has 124 valence electrons. The number of sulfonamides is 1.